The fraction of sp³-hybridized carbons (Fsp3) is 0.143. The number of rotatable bonds is 1. The van der Waals surface area contributed by atoms with Crippen LogP contribution in [0.1, 0.15) is 0 Å². The number of ketones is 2. The summed E-state index contributed by atoms with van der Waals surface area (Å²) >= 11 is 0. The van der Waals surface area contributed by atoms with Gasteiger partial charge in [0.1, 0.15) is 0 Å². The van der Waals surface area contributed by atoms with Crippen molar-refractivity contribution >= 4 is 11.6 Å². The van der Waals surface area contributed by atoms with E-state index in [9.17, 15) is 14.0 Å². The Morgan fingerprint density at radius 2 is 1.91 bits per heavy atom. The van der Waals surface area contributed by atoms with Crippen LogP contribution in [0.5, 0.6) is 0 Å². The fourth-order valence-corrected chi connectivity index (χ4v) is 0.676. The summed E-state index contributed by atoms with van der Waals surface area (Å²) in [6, 6.07) is 0. The number of carbonyl (C=O) groups is 2. The Kier molecular flexibility index (Phi) is 1.85. The predicted molar refractivity (Wildman–Crippen MR) is 34.3 cm³/mol. The molecule has 0 aromatic rings. The number of carbonyl (C=O) groups excluding carboxylic acids is 2. The average Bonchev–Trinajstić information content (AvgIpc) is 1.97. The summed E-state index contributed by atoms with van der Waals surface area (Å²) in [5.41, 5.74) is 0. The van der Waals surface area contributed by atoms with Crippen molar-refractivity contribution in [3.8, 4) is 0 Å². The molecule has 0 saturated carbocycles. The molecule has 0 radical (unpaired) electrons. The van der Waals surface area contributed by atoms with Gasteiger partial charge in [-0.1, -0.05) is 0 Å². The maximum atomic E-state index is 12.3. The van der Waals surface area contributed by atoms with Gasteiger partial charge in [0.25, 0.3) is 0 Å². The molecule has 3 nitrogen and oxygen atoms in total. The number of hydrogen-bond acceptors (Lipinski definition) is 3. The number of ether oxygens (including phenoxy) is 1. The lowest BCUT2D eigenvalue weighted by atomic mass is 10.1. The van der Waals surface area contributed by atoms with Gasteiger partial charge >= 0.3 is 0 Å². The van der Waals surface area contributed by atoms with Crippen LogP contribution in [0.2, 0.25) is 0 Å². The van der Waals surface area contributed by atoms with E-state index in [-0.39, 0.29) is 5.76 Å². The maximum Gasteiger partial charge on any atom is 0.223 e. The van der Waals surface area contributed by atoms with Crippen molar-refractivity contribution in [2.24, 2.45) is 0 Å². The minimum absolute atomic E-state index is 0.128. The van der Waals surface area contributed by atoms with Crippen molar-refractivity contribution in [2.75, 3.05) is 7.11 Å². The van der Waals surface area contributed by atoms with Crippen molar-refractivity contribution in [3.05, 3.63) is 23.7 Å². The summed E-state index contributed by atoms with van der Waals surface area (Å²) in [6.07, 6.45) is 1.44. The fourth-order valence-electron chi connectivity index (χ4n) is 0.676. The molecule has 0 atom stereocenters. The lowest BCUT2D eigenvalue weighted by molar-refractivity contribution is -0.118. The molecule has 1 aliphatic rings. The zero-order valence-corrected chi connectivity index (χ0v) is 5.76. The normalized spacial score (nSPS) is 17.6. The van der Waals surface area contributed by atoms with E-state index in [0.29, 0.717) is 6.08 Å². The highest BCUT2D eigenvalue weighted by molar-refractivity contribution is 6.18. The third kappa shape index (κ3) is 1.34. The van der Waals surface area contributed by atoms with Gasteiger partial charge < -0.3 is 4.74 Å². The molecule has 1 rings (SSSR count). The molecule has 0 N–H and O–H groups in total. The third-order valence-electron chi connectivity index (χ3n) is 1.22. The van der Waals surface area contributed by atoms with Crippen molar-refractivity contribution in [1.29, 1.82) is 0 Å². The second kappa shape index (κ2) is 2.65. The van der Waals surface area contributed by atoms with Gasteiger partial charge in [-0.25, -0.2) is 4.39 Å². The minimum Gasteiger partial charge on any atom is -0.493 e. The van der Waals surface area contributed by atoms with Crippen LogP contribution >= 0.6 is 0 Å². The topological polar surface area (TPSA) is 43.4 Å². The molecule has 0 aromatic heterocycles. The summed E-state index contributed by atoms with van der Waals surface area (Å²) < 4.78 is 16.8. The number of hydrogen-bond donors (Lipinski definition) is 0. The van der Waals surface area contributed by atoms with Crippen LogP contribution in [0.15, 0.2) is 23.7 Å². The van der Waals surface area contributed by atoms with Crippen molar-refractivity contribution in [3.63, 3.8) is 0 Å². The molecule has 0 amide bonds. The highest BCUT2D eigenvalue weighted by atomic mass is 19.1. The van der Waals surface area contributed by atoms with Gasteiger partial charge in [-0.3, -0.25) is 9.59 Å². The summed E-state index contributed by atoms with van der Waals surface area (Å²) in [6.45, 7) is 0. The van der Waals surface area contributed by atoms with E-state index in [4.69, 9.17) is 0 Å². The molecule has 0 bridgehead atoms. The lowest BCUT2D eigenvalue weighted by Gasteiger charge is -2.04. The molecule has 0 unspecified atom stereocenters. The molecule has 0 spiro atoms. The first-order valence-corrected chi connectivity index (χ1v) is 2.86. The summed E-state index contributed by atoms with van der Waals surface area (Å²) in [5.74, 6) is -2.63. The minimum atomic E-state index is -1.05. The van der Waals surface area contributed by atoms with Gasteiger partial charge in [-0.05, 0) is 0 Å². The largest absolute Gasteiger partial charge is 0.493 e. The summed E-state index contributed by atoms with van der Waals surface area (Å²) in [4.78, 5) is 21.3. The van der Waals surface area contributed by atoms with Gasteiger partial charge in [0.15, 0.2) is 11.6 Å². The first-order chi connectivity index (χ1) is 5.15. The quantitative estimate of drug-likeness (QED) is 0.520. The number of allylic oxidation sites excluding steroid dienone is 3. The molecule has 4 heteroatoms. The van der Waals surface area contributed by atoms with E-state index in [2.05, 4.69) is 4.74 Å². The average molecular weight is 156 g/mol. The Morgan fingerprint density at radius 3 is 2.45 bits per heavy atom. The first-order valence-electron chi connectivity index (χ1n) is 2.86. The summed E-state index contributed by atoms with van der Waals surface area (Å²) in [5, 5.41) is 0. The zero-order valence-electron chi connectivity index (χ0n) is 5.76. The van der Waals surface area contributed by atoms with Gasteiger partial charge in [0.2, 0.25) is 11.6 Å². The Hall–Kier alpha value is -1.45. The van der Waals surface area contributed by atoms with Crippen LogP contribution in [0.3, 0.4) is 0 Å². The van der Waals surface area contributed by atoms with Crippen LogP contribution in [0.25, 0.3) is 0 Å². The van der Waals surface area contributed by atoms with Crippen LogP contribution in [-0.2, 0) is 14.3 Å². The van der Waals surface area contributed by atoms with E-state index in [0.717, 1.165) is 6.08 Å². The molecule has 0 aromatic carbocycles. The third-order valence-corrected chi connectivity index (χ3v) is 1.22. The zero-order chi connectivity index (χ0) is 8.43. The molecule has 58 valence electrons. The first kappa shape index (κ1) is 7.65. The van der Waals surface area contributed by atoms with Crippen LogP contribution in [0, 0.1) is 0 Å². The molecule has 0 heterocycles. The van der Waals surface area contributed by atoms with E-state index in [1.165, 1.54) is 7.11 Å². The van der Waals surface area contributed by atoms with Crippen LogP contribution < -0.4 is 0 Å². The monoisotopic (exact) mass is 156 g/mol. The van der Waals surface area contributed by atoms with E-state index < -0.39 is 17.4 Å². The number of halogens is 1. The second-order valence-corrected chi connectivity index (χ2v) is 1.93. The highest BCUT2D eigenvalue weighted by Crippen LogP contribution is 2.12. The van der Waals surface area contributed by atoms with Gasteiger partial charge in [0.05, 0.1) is 7.11 Å². The van der Waals surface area contributed by atoms with Crippen molar-refractivity contribution in [2.45, 2.75) is 0 Å². The Bertz CT molecular complexity index is 275. The molecular formula is C7H5FO3. The smallest absolute Gasteiger partial charge is 0.223 e. The van der Waals surface area contributed by atoms with Gasteiger partial charge in [-0.2, -0.15) is 0 Å². The number of methoxy groups -OCH3 is 1. The highest BCUT2D eigenvalue weighted by Gasteiger charge is 2.20. The summed E-state index contributed by atoms with van der Waals surface area (Å²) in [7, 11) is 1.24. The van der Waals surface area contributed by atoms with E-state index >= 15 is 0 Å². The van der Waals surface area contributed by atoms with Crippen LogP contribution in [0.4, 0.5) is 4.39 Å². The molecule has 0 aliphatic heterocycles. The molecular weight excluding hydrogens is 151 g/mol. The van der Waals surface area contributed by atoms with E-state index in [1.807, 2.05) is 0 Å². The van der Waals surface area contributed by atoms with Crippen molar-refractivity contribution in [1.82, 2.24) is 0 Å². The van der Waals surface area contributed by atoms with Crippen LogP contribution in [-0.4, -0.2) is 18.7 Å². The Balaban J connectivity index is 2.98. The van der Waals surface area contributed by atoms with Gasteiger partial charge in [0, 0.05) is 12.2 Å². The molecule has 0 fully saturated rings. The molecule has 11 heavy (non-hydrogen) atoms. The van der Waals surface area contributed by atoms with Gasteiger partial charge in [-0.15, -0.1) is 0 Å². The SMILES string of the molecule is COC1=CC(=O)C(F)=CC1=O. The Labute approximate surface area is 62.1 Å². The molecule has 1 aliphatic carbocycles. The second-order valence-electron chi connectivity index (χ2n) is 1.93. The predicted octanol–water partition coefficient (Wildman–Crippen LogP) is 0.522. The Morgan fingerprint density at radius 1 is 1.27 bits per heavy atom. The standard InChI is InChI=1S/C7H5FO3/c1-11-7-3-5(9)4(8)2-6(7)10/h2-3H,1H3. The molecule has 0 saturated heterocycles. The van der Waals surface area contributed by atoms with Crippen molar-refractivity contribution < 1.29 is 18.7 Å². The van der Waals surface area contributed by atoms with E-state index in [1.54, 1.807) is 0 Å². The maximum absolute atomic E-state index is 12.3. The lowest BCUT2D eigenvalue weighted by Crippen LogP contribution is -2.11.